The number of hydrogen-bond acceptors (Lipinski definition) is 5. The van der Waals surface area contributed by atoms with Crippen molar-refractivity contribution in [3.63, 3.8) is 0 Å². The number of aliphatic imine (C=N–C) groups is 1. The van der Waals surface area contributed by atoms with E-state index in [0.717, 1.165) is 45.6 Å². The highest BCUT2D eigenvalue weighted by atomic mass is 35.5. The zero-order valence-corrected chi connectivity index (χ0v) is 18.7. The summed E-state index contributed by atoms with van der Waals surface area (Å²) >= 11 is 12.1. The number of nitrogens with zero attached hydrogens (tertiary/aromatic N) is 2. The van der Waals surface area contributed by atoms with Gasteiger partial charge in [0.15, 0.2) is 5.96 Å². The number of rotatable bonds is 10. The van der Waals surface area contributed by atoms with E-state index in [9.17, 15) is 5.11 Å². The van der Waals surface area contributed by atoms with Crippen molar-refractivity contribution in [1.29, 1.82) is 0 Å². The van der Waals surface area contributed by atoms with Crippen LogP contribution in [0.5, 0.6) is 5.75 Å². The lowest BCUT2D eigenvalue weighted by atomic mass is 10.1. The van der Waals surface area contributed by atoms with Crippen LogP contribution >= 0.6 is 23.2 Å². The summed E-state index contributed by atoms with van der Waals surface area (Å²) in [5.41, 5.74) is 0. The van der Waals surface area contributed by atoms with Gasteiger partial charge in [-0.1, -0.05) is 29.3 Å². The second-order valence-electron chi connectivity index (χ2n) is 6.99. The molecule has 0 saturated carbocycles. The molecule has 1 saturated heterocycles. The molecule has 1 atom stereocenters. The number of hydrogen-bond donors (Lipinski definition) is 3. The smallest absolute Gasteiger partial charge is 0.191 e. The molecule has 1 fully saturated rings. The lowest BCUT2D eigenvalue weighted by Crippen LogP contribution is -2.49. The van der Waals surface area contributed by atoms with Gasteiger partial charge in [0.25, 0.3) is 0 Å². The molecule has 2 rings (SSSR count). The molecular formula is C20H32Cl2N4O3. The number of nitrogens with one attached hydrogen (secondary N) is 2. The van der Waals surface area contributed by atoms with E-state index in [2.05, 4.69) is 20.5 Å². The summed E-state index contributed by atoms with van der Waals surface area (Å²) in [5, 5.41) is 17.7. The second-order valence-corrected chi connectivity index (χ2v) is 7.77. The van der Waals surface area contributed by atoms with Crippen molar-refractivity contribution in [3.05, 3.63) is 28.2 Å². The first-order valence-corrected chi connectivity index (χ1v) is 10.8. The third kappa shape index (κ3) is 8.56. The van der Waals surface area contributed by atoms with Crippen LogP contribution in [0.2, 0.25) is 10.0 Å². The van der Waals surface area contributed by atoms with Gasteiger partial charge in [-0.25, -0.2) is 0 Å². The first-order chi connectivity index (χ1) is 14.0. The normalized spacial score (nSPS) is 17.2. The fourth-order valence-electron chi connectivity index (χ4n) is 3.07. The van der Waals surface area contributed by atoms with Crippen LogP contribution in [0.15, 0.2) is 23.2 Å². The van der Waals surface area contributed by atoms with Crippen molar-refractivity contribution >= 4 is 29.2 Å². The summed E-state index contributed by atoms with van der Waals surface area (Å²) in [6, 6.07) is 5.52. The molecule has 1 heterocycles. The average Bonchev–Trinajstić information content (AvgIpc) is 2.72. The maximum absolute atomic E-state index is 10.2. The summed E-state index contributed by atoms with van der Waals surface area (Å²) in [6.07, 6.45) is 1.34. The number of ether oxygens (including phenoxy) is 2. The van der Waals surface area contributed by atoms with Crippen molar-refractivity contribution in [2.45, 2.75) is 31.9 Å². The van der Waals surface area contributed by atoms with Crippen LogP contribution in [0, 0.1) is 0 Å². The van der Waals surface area contributed by atoms with Crippen LogP contribution in [0.25, 0.3) is 0 Å². The molecule has 0 aromatic heterocycles. The number of aliphatic hydroxyl groups excluding tert-OH is 1. The molecule has 29 heavy (non-hydrogen) atoms. The minimum absolute atomic E-state index is 0.0842. The van der Waals surface area contributed by atoms with Gasteiger partial charge < -0.3 is 30.1 Å². The van der Waals surface area contributed by atoms with E-state index in [-0.39, 0.29) is 13.2 Å². The predicted molar refractivity (Wildman–Crippen MR) is 118 cm³/mol. The molecule has 164 valence electrons. The van der Waals surface area contributed by atoms with E-state index in [1.807, 2.05) is 6.92 Å². The maximum atomic E-state index is 10.2. The number of halogens is 2. The lowest BCUT2D eigenvalue weighted by molar-refractivity contribution is 0.114. The molecule has 7 nitrogen and oxygen atoms in total. The Morgan fingerprint density at radius 2 is 2.10 bits per heavy atom. The summed E-state index contributed by atoms with van der Waals surface area (Å²) in [4.78, 5) is 6.91. The molecule has 9 heteroatoms. The number of methoxy groups -OCH3 is 1. The zero-order valence-electron chi connectivity index (χ0n) is 17.2. The highest BCUT2D eigenvalue weighted by Crippen LogP contribution is 2.31. The number of piperidine rings is 1. The van der Waals surface area contributed by atoms with Gasteiger partial charge in [-0.05, 0) is 31.9 Å². The number of aliphatic hydroxyl groups is 1. The fraction of sp³-hybridized carbons (Fsp3) is 0.650. The molecular weight excluding hydrogens is 415 g/mol. The Balaban J connectivity index is 1.78. The van der Waals surface area contributed by atoms with Crippen molar-refractivity contribution in [3.8, 4) is 5.75 Å². The van der Waals surface area contributed by atoms with Crippen LogP contribution in [-0.4, -0.2) is 81.2 Å². The zero-order chi connectivity index (χ0) is 21.1. The second kappa shape index (κ2) is 13.1. The van der Waals surface area contributed by atoms with Crippen molar-refractivity contribution in [2.24, 2.45) is 4.99 Å². The van der Waals surface area contributed by atoms with E-state index in [4.69, 9.17) is 32.7 Å². The van der Waals surface area contributed by atoms with Crippen molar-refractivity contribution in [2.75, 3.05) is 53.0 Å². The topological polar surface area (TPSA) is 78.4 Å². The van der Waals surface area contributed by atoms with Crippen molar-refractivity contribution < 1.29 is 14.6 Å². The largest absolute Gasteiger partial charge is 0.489 e. The summed E-state index contributed by atoms with van der Waals surface area (Å²) < 4.78 is 10.7. The molecule has 0 bridgehead atoms. The van der Waals surface area contributed by atoms with E-state index in [1.54, 1.807) is 25.3 Å². The van der Waals surface area contributed by atoms with Crippen LogP contribution in [0.4, 0.5) is 0 Å². The fourth-order valence-corrected chi connectivity index (χ4v) is 3.41. The van der Waals surface area contributed by atoms with Crippen molar-refractivity contribution in [1.82, 2.24) is 15.5 Å². The van der Waals surface area contributed by atoms with E-state index in [0.29, 0.717) is 27.8 Å². The van der Waals surface area contributed by atoms with E-state index in [1.165, 1.54) is 0 Å². The number of guanidine groups is 1. The minimum Gasteiger partial charge on any atom is -0.489 e. The molecule has 0 amide bonds. The Morgan fingerprint density at radius 3 is 2.79 bits per heavy atom. The highest BCUT2D eigenvalue weighted by Gasteiger charge is 2.19. The Bertz CT molecular complexity index is 640. The van der Waals surface area contributed by atoms with Crippen LogP contribution < -0.4 is 15.4 Å². The summed E-state index contributed by atoms with van der Waals surface area (Å²) in [6.45, 7) is 6.90. The van der Waals surface area contributed by atoms with Gasteiger partial charge in [-0.3, -0.25) is 4.99 Å². The van der Waals surface area contributed by atoms with Crippen LogP contribution in [0.3, 0.4) is 0 Å². The SMILES string of the molecule is CCNC(=NCC(O)COc1cccc(Cl)c1Cl)NC1CCN(CCOC)CC1. The average molecular weight is 447 g/mol. The van der Waals surface area contributed by atoms with Gasteiger partial charge in [0.2, 0.25) is 0 Å². The number of likely N-dealkylation sites (tertiary alicyclic amines) is 1. The third-order valence-electron chi connectivity index (χ3n) is 4.69. The van der Waals surface area contributed by atoms with Gasteiger partial charge in [0, 0.05) is 39.3 Å². The summed E-state index contributed by atoms with van der Waals surface area (Å²) in [5.74, 6) is 1.16. The van der Waals surface area contributed by atoms with Gasteiger partial charge >= 0.3 is 0 Å². The van der Waals surface area contributed by atoms with Gasteiger partial charge in [0.1, 0.15) is 23.5 Å². The van der Waals surface area contributed by atoms with Gasteiger partial charge in [-0.15, -0.1) is 0 Å². The van der Waals surface area contributed by atoms with Crippen LogP contribution in [0.1, 0.15) is 19.8 Å². The predicted octanol–water partition coefficient (Wildman–Crippen LogP) is 2.40. The molecule has 0 radical (unpaired) electrons. The first-order valence-electron chi connectivity index (χ1n) is 10.0. The Labute approximate surface area is 183 Å². The van der Waals surface area contributed by atoms with Gasteiger partial charge in [0.05, 0.1) is 18.2 Å². The first kappa shape index (κ1) is 24.0. The molecule has 0 aliphatic carbocycles. The third-order valence-corrected chi connectivity index (χ3v) is 5.49. The Morgan fingerprint density at radius 1 is 1.34 bits per heavy atom. The molecule has 1 aromatic carbocycles. The van der Waals surface area contributed by atoms with E-state index >= 15 is 0 Å². The molecule has 1 aliphatic heterocycles. The summed E-state index contributed by atoms with van der Waals surface area (Å²) in [7, 11) is 1.73. The Hall–Kier alpha value is -1.25. The quantitative estimate of drug-likeness (QED) is 0.378. The van der Waals surface area contributed by atoms with Gasteiger partial charge in [-0.2, -0.15) is 0 Å². The van der Waals surface area contributed by atoms with Crippen LogP contribution in [-0.2, 0) is 4.74 Å². The number of benzene rings is 1. The standard InChI is InChI=1S/C20H32Cl2N4O3/c1-3-23-20(25-15-7-9-26(10-8-15)11-12-28-2)24-13-16(27)14-29-18-6-4-5-17(21)19(18)22/h4-6,15-16,27H,3,7-14H2,1-2H3,(H2,23,24,25). The monoisotopic (exact) mass is 446 g/mol. The lowest BCUT2D eigenvalue weighted by Gasteiger charge is -2.32. The minimum atomic E-state index is -0.753. The highest BCUT2D eigenvalue weighted by molar-refractivity contribution is 6.42. The maximum Gasteiger partial charge on any atom is 0.191 e. The Kier molecular flexibility index (Phi) is 10.9. The molecule has 0 spiro atoms. The van der Waals surface area contributed by atoms with E-state index < -0.39 is 6.10 Å². The molecule has 1 aliphatic rings. The molecule has 3 N–H and O–H groups in total. The molecule has 1 unspecified atom stereocenters. The molecule has 1 aromatic rings.